The molecule has 1 unspecified atom stereocenters. The van der Waals surface area contributed by atoms with E-state index in [2.05, 4.69) is 39.0 Å². The second-order valence-corrected chi connectivity index (χ2v) is 5.73. The van der Waals surface area contributed by atoms with E-state index in [-0.39, 0.29) is 0 Å². The predicted molar refractivity (Wildman–Crippen MR) is 77.7 cm³/mol. The van der Waals surface area contributed by atoms with E-state index >= 15 is 0 Å². The number of H-pyrrole nitrogens is 1. The first-order chi connectivity index (χ1) is 8.75. The molecule has 18 heavy (non-hydrogen) atoms. The van der Waals surface area contributed by atoms with Crippen LogP contribution in [-0.2, 0) is 6.42 Å². The third kappa shape index (κ3) is 2.00. The maximum Gasteiger partial charge on any atom is 0.179 e. The number of hydrogen-bond acceptors (Lipinski definition) is 3. The second-order valence-electron chi connectivity index (χ2n) is 4.31. The highest BCUT2D eigenvalue weighted by molar-refractivity contribution is 7.71. The quantitative estimate of drug-likeness (QED) is 0.734. The van der Waals surface area contributed by atoms with Gasteiger partial charge in [-0.3, -0.25) is 4.57 Å². The van der Waals surface area contributed by atoms with Crippen molar-refractivity contribution in [2.45, 2.75) is 19.4 Å². The van der Waals surface area contributed by atoms with Crippen molar-refractivity contribution < 1.29 is 0 Å². The number of aromatic amines is 1. The molecule has 3 aromatic heterocycles. The third-order valence-corrected chi connectivity index (χ3v) is 4.19. The largest absolute Gasteiger partial charge is 0.329 e. The van der Waals surface area contributed by atoms with E-state index in [1.54, 1.807) is 17.5 Å². The Morgan fingerprint density at radius 1 is 1.44 bits per heavy atom. The molecule has 5 heteroatoms. The minimum Gasteiger partial charge on any atom is -0.329 e. The molecule has 0 saturated heterocycles. The topological polar surface area (TPSA) is 33.6 Å². The monoisotopic (exact) mass is 275 g/mol. The van der Waals surface area contributed by atoms with E-state index in [0.717, 1.165) is 22.4 Å². The molecule has 0 aliphatic rings. The van der Waals surface area contributed by atoms with Crippen LogP contribution in [0.15, 0.2) is 35.8 Å². The average Bonchev–Trinajstić information content (AvgIpc) is 2.94. The fourth-order valence-electron chi connectivity index (χ4n) is 2.18. The zero-order valence-corrected chi connectivity index (χ0v) is 11.6. The van der Waals surface area contributed by atoms with Crippen molar-refractivity contribution in [3.63, 3.8) is 0 Å². The molecule has 1 N–H and O–H groups in total. The van der Waals surface area contributed by atoms with Crippen LogP contribution in [0.1, 0.15) is 17.8 Å². The number of rotatable bonds is 3. The van der Waals surface area contributed by atoms with Gasteiger partial charge in [0.15, 0.2) is 10.4 Å². The van der Waals surface area contributed by atoms with E-state index in [1.807, 2.05) is 12.1 Å². The predicted octanol–water partition coefficient (Wildman–Crippen LogP) is 3.96. The van der Waals surface area contributed by atoms with Crippen LogP contribution in [-0.4, -0.2) is 14.5 Å². The Morgan fingerprint density at radius 3 is 3.11 bits per heavy atom. The standard InChI is InChI=1S/C13H13N3S2/c1-9(8-10-4-3-7-18-10)16-12-11(15-13(16)17)5-2-6-14-12/h2-7,9H,8H2,1H3,(H,15,17). The van der Waals surface area contributed by atoms with Crippen LogP contribution in [0.3, 0.4) is 0 Å². The molecule has 0 bridgehead atoms. The second kappa shape index (κ2) is 4.66. The molecule has 0 aromatic carbocycles. The number of hydrogen-bond donors (Lipinski definition) is 1. The molecule has 0 aliphatic heterocycles. The molecule has 92 valence electrons. The van der Waals surface area contributed by atoms with Gasteiger partial charge in [0.25, 0.3) is 0 Å². The fourth-order valence-corrected chi connectivity index (χ4v) is 3.38. The molecule has 0 radical (unpaired) electrons. The summed E-state index contributed by atoms with van der Waals surface area (Å²) in [5.41, 5.74) is 1.94. The van der Waals surface area contributed by atoms with Gasteiger partial charge in [-0.25, -0.2) is 4.98 Å². The van der Waals surface area contributed by atoms with E-state index < -0.39 is 0 Å². The zero-order chi connectivity index (χ0) is 12.5. The number of aromatic nitrogens is 3. The molecule has 3 aromatic rings. The summed E-state index contributed by atoms with van der Waals surface area (Å²) in [6.45, 7) is 2.18. The van der Waals surface area contributed by atoms with Crippen LogP contribution in [0.5, 0.6) is 0 Å². The summed E-state index contributed by atoms with van der Waals surface area (Å²) in [6, 6.07) is 8.47. The molecule has 0 amide bonds. The summed E-state index contributed by atoms with van der Waals surface area (Å²) >= 11 is 7.18. The van der Waals surface area contributed by atoms with Crippen molar-refractivity contribution in [3.8, 4) is 0 Å². The molecule has 3 nitrogen and oxygen atoms in total. The Balaban J connectivity index is 2.03. The molecule has 0 fully saturated rings. The maximum absolute atomic E-state index is 5.40. The van der Waals surface area contributed by atoms with Gasteiger partial charge in [0.2, 0.25) is 0 Å². The summed E-state index contributed by atoms with van der Waals surface area (Å²) < 4.78 is 2.84. The van der Waals surface area contributed by atoms with Gasteiger partial charge in [-0.15, -0.1) is 11.3 Å². The molecular formula is C13H13N3S2. The van der Waals surface area contributed by atoms with Crippen molar-refractivity contribution in [2.24, 2.45) is 0 Å². The SMILES string of the molecule is CC(Cc1cccs1)n1c(=S)[nH]c2cccnc21. The molecule has 1 atom stereocenters. The van der Waals surface area contributed by atoms with Crippen molar-refractivity contribution >= 4 is 34.7 Å². The molecule has 0 spiro atoms. The van der Waals surface area contributed by atoms with E-state index in [1.165, 1.54) is 4.88 Å². The highest BCUT2D eigenvalue weighted by atomic mass is 32.1. The Labute approximate surface area is 114 Å². The normalized spacial score (nSPS) is 12.9. The van der Waals surface area contributed by atoms with Crippen molar-refractivity contribution in [1.82, 2.24) is 14.5 Å². The van der Waals surface area contributed by atoms with Gasteiger partial charge in [0, 0.05) is 23.5 Å². The lowest BCUT2D eigenvalue weighted by Crippen LogP contribution is -2.08. The third-order valence-electron chi connectivity index (χ3n) is 2.99. The Morgan fingerprint density at radius 2 is 2.33 bits per heavy atom. The highest BCUT2D eigenvalue weighted by Crippen LogP contribution is 2.22. The van der Waals surface area contributed by atoms with Crippen LogP contribution in [0.25, 0.3) is 11.2 Å². The summed E-state index contributed by atoms with van der Waals surface area (Å²) in [5, 5.41) is 2.11. The van der Waals surface area contributed by atoms with Gasteiger partial charge in [-0.2, -0.15) is 0 Å². The van der Waals surface area contributed by atoms with Crippen LogP contribution in [0.2, 0.25) is 0 Å². The molecule has 3 heterocycles. The lowest BCUT2D eigenvalue weighted by atomic mass is 10.2. The molecule has 0 saturated carbocycles. The van der Waals surface area contributed by atoms with Crippen LogP contribution in [0.4, 0.5) is 0 Å². The number of pyridine rings is 1. The minimum absolute atomic E-state index is 0.305. The number of thiophene rings is 1. The number of nitrogens with one attached hydrogen (secondary N) is 1. The number of imidazole rings is 1. The van der Waals surface area contributed by atoms with Gasteiger partial charge in [0.1, 0.15) is 0 Å². The van der Waals surface area contributed by atoms with Gasteiger partial charge < -0.3 is 4.98 Å². The average molecular weight is 275 g/mol. The Hall–Kier alpha value is -1.46. The molecule has 0 aliphatic carbocycles. The van der Waals surface area contributed by atoms with Crippen LogP contribution < -0.4 is 0 Å². The van der Waals surface area contributed by atoms with Gasteiger partial charge in [-0.05, 0) is 42.7 Å². The Kier molecular flexibility index (Phi) is 3.01. The fraction of sp³-hybridized carbons (Fsp3) is 0.231. The number of fused-ring (bicyclic) bond motifs is 1. The van der Waals surface area contributed by atoms with Crippen molar-refractivity contribution in [2.75, 3.05) is 0 Å². The lowest BCUT2D eigenvalue weighted by molar-refractivity contribution is 0.553. The van der Waals surface area contributed by atoms with Gasteiger partial charge in [-0.1, -0.05) is 6.07 Å². The first-order valence-corrected chi connectivity index (χ1v) is 7.12. The summed E-state index contributed by atoms with van der Waals surface area (Å²) in [4.78, 5) is 9.00. The van der Waals surface area contributed by atoms with Crippen molar-refractivity contribution in [1.29, 1.82) is 0 Å². The first-order valence-electron chi connectivity index (χ1n) is 5.83. The first kappa shape index (κ1) is 11.6. The van der Waals surface area contributed by atoms with E-state index in [4.69, 9.17) is 12.2 Å². The Bertz CT molecular complexity index is 709. The number of nitrogens with zero attached hydrogens (tertiary/aromatic N) is 2. The minimum atomic E-state index is 0.305. The smallest absolute Gasteiger partial charge is 0.179 e. The van der Waals surface area contributed by atoms with E-state index in [0.29, 0.717) is 6.04 Å². The maximum atomic E-state index is 5.40. The van der Waals surface area contributed by atoms with Gasteiger partial charge in [0.05, 0.1) is 5.52 Å². The zero-order valence-electron chi connectivity index (χ0n) is 9.96. The summed E-state index contributed by atoms with van der Waals surface area (Å²) in [5.74, 6) is 0. The van der Waals surface area contributed by atoms with Crippen LogP contribution in [0, 0.1) is 4.77 Å². The van der Waals surface area contributed by atoms with E-state index in [9.17, 15) is 0 Å². The summed E-state index contributed by atoms with van der Waals surface area (Å²) in [7, 11) is 0. The highest BCUT2D eigenvalue weighted by Gasteiger charge is 2.12. The molecular weight excluding hydrogens is 262 g/mol. The van der Waals surface area contributed by atoms with Crippen LogP contribution >= 0.6 is 23.6 Å². The summed E-state index contributed by atoms with van der Waals surface area (Å²) in [6.07, 6.45) is 2.79. The van der Waals surface area contributed by atoms with Gasteiger partial charge >= 0.3 is 0 Å². The van der Waals surface area contributed by atoms with Crippen molar-refractivity contribution in [3.05, 3.63) is 45.5 Å². The lowest BCUT2D eigenvalue weighted by Gasteiger charge is -2.12. The molecule has 3 rings (SSSR count).